The van der Waals surface area contributed by atoms with Crippen LogP contribution in [0, 0.1) is 24.0 Å². The molecule has 9 heteroatoms. The number of carbonyl (C=O) groups excluding carboxylic acids is 2. The molecule has 0 fully saturated rings. The zero-order chi connectivity index (χ0) is 24.3. The van der Waals surface area contributed by atoms with Crippen molar-refractivity contribution in [3.05, 3.63) is 81.0 Å². The van der Waals surface area contributed by atoms with Gasteiger partial charge in [-0.3, -0.25) is 19.7 Å². The summed E-state index contributed by atoms with van der Waals surface area (Å²) < 4.78 is 1.69. The molecule has 0 unspecified atom stereocenters. The topological polar surface area (TPSA) is 119 Å². The fraction of sp³-hybridized carbons (Fsp3) is 0.292. The molecule has 0 spiro atoms. The molecule has 33 heavy (non-hydrogen) atoms. The van der Waals surface area contributed by atoms with Crippen LogP contribution in [0.3, 0.4) is 0 Å². The first-order valence-electron chi connectivity index (χ1n) is 10.5. The van der Waals surface area contributed by atoms with E-state index in [9.17, 15) is 19.7 Å². The highest BCUT2D eigenvalue weighted by Crippen LogP contribution is 2.27. The van der Waals surface area contributed by atoms with Gasteiger partial charge in [0.15, 0.2) is 0 Å². The molecule has 0 atom stereocenters. The molecule has 0 radical (unpaired) electrons. The molecule has 2 aromatic carbocycles. The molecule has 3 rings (SSSR count). The molecular weight excluding hydrogens is 422 g/mol. The number of hydrogen-bond donors (Lipinski definition) is 2. The third-order valence-corrected chi connectivity index (χ3v) is 5.05. The monoisotopic (exact) mass is 449 g/mol. The molecule has 0 aliphatic rings. The SMILES string of the molecule is Cc1ccc(-n2nc(C(C)(C)C)cc2NC(=O)CNC(=O)c2cccc([N+](=O)[O-])c2)c(C)c1. The molecule has 172 valence electrons. The molecule has 2 amide bonds. The van der Waals surface area contributed by atoms with Crippen molar-refractivity contribution in [1.29, 1.82) is 0 Å². The Hall–Kier alpha value is -4.01. The van der Waals surface area contributed by atoms with Crippen molar-refractivity contribution in [2.24, 2.45) is 0 Å². The van der Waals surface area contributed by atoms with Crippen molar-refractivity contribution in [3.63, 3.8) is 0 Å². The van der Waals surface area contributed by atoms with E-state index < -0.39 is 16.7 Å². The third-order valence-electron chi connectivity index (χ3n) is 5.05. The van der Waals surface area contributed by atoms with Crippen molar-refractivity contribution in [3.8, 4) is 5.69 Å². The molecule has 0 aliphatic carbocycles. The van der Waals surface area contributed by atoms with Crippen LogP contribution in [0.25, 0.3) is 5.69 Å². The molecule has 2 N–H and O–H groups in total. The van der Waals surface area contributed by atoms with Crippen molar-refractivity contribution >= 4 is 23.3 Å². The van der Waals surface area contributed by atoms with Crippen LogP contribution in [-0.2, 0) is 10.2 Å². The Morgan fingerprint density at radius 3 is 2.45 bits per heavy atom. The lowest BCUT2D eigenvalue weighted by atomic mass is 9.92. The number of non-ortho nitro benzene ring substituents is 1. The van der Waals surface area contributed by atoms with Crippen molar-refractivity contribution < 1.29 is 14.5 Å². The Kier molecular flexibility index (Phi) is 6.62. The summed E-state index contributed by atoms with van der Waals surface area (Å²) >= 11 is 0. The summed E-state index contributed by atoms with van der Waals surface area (Å²) in [6.07, 6.45) is 0. The average molecular weight is 450 g/mol. The number of nitrogens with one attached hydrogen (secondary N) is 2. The van der Waals surface area contributed by atoms with Gasteiger partial charge in [-0.1, -0.05) is 44.5 Å². The van der Waals surface area contributed by atoms with E-state index in [0.717, 1.165) is 28.6 Å². The van der Waals surface area contributed by atoms with E-state index in [1.165, 1.54) is 18.2 Å². The minimum Gasteiger partial charge on any atom is -0.343 e. The first kappa shape index (κ1) is 23.6. The largest absolute Gasteiger partial charge is 0.343 e. The van der Waals surface area contributed by atoms with Gasteiger partial charge in [-0.05, 0) is 31.5 Å². The molecular formula is C24H27N5O4. The number of nitro benzene ring substituents is 1. The highest BCUT2D eigenvalue weighted by molar-refractivity contribution is 5.99. The highest BCUT2D eigenvalue weighted by atomic mass is 16.6. The van der Waals surface area contributed by atoms with Crippen molar-refractivity contribution in [2.75, 3.05) is 11.9 Å². The molecule has 3 aromatic rings. The Morgan fingerprint density at radius 2 is 1.82 bits per heavy atom. The lowest BCUT2D eigenvalue weighted by Gasteiger charge is -2.14. The van der Waals surface area contributed by atoms with E-state index in [-0.39, 0.29) is 23.2 Å². The summed E-state index contributed by atoms with van der Waals surface area (Å²) in [5.74, 6) is -0.534. The highest BCUT2D eigenvalue weighted by Gasteiger charge is 2.22. The van der Waals surface area contributed by atoms with Crippen LogP contribution in [0.2, 0.25) is 0 Å². The van der Waals surface area contributed by atoms with Gasteiger partial charge >= 0.3 is 0 Å². The minimum atomic E-state index is -0.579. The molecule has 0 saturated carbocycles. The van der Waals surface area contributed by atoms with Crippen molar-refractivity contribution in [1.82, 2.24) is 15.1 Å². The van der Waals surface area contributed by atoms with E-state index in [2.05, 4.69) is 10.6 Å². The maximum Gasteiger partial charge on any atom is 0.270 e. The predicted molar refractivity (Wildman–Crippen MR) is 126 cm³/mol. The summed E-state index contributed by atoms with van der Waals surface area (Å²) in [7, 11) is 0. The van der Waals surface area contributed by atoms with E-state index in [1.54, 1.807) is 4.68 Å². The van der Waals surface area contributed by atoms with Gasteiger partial charge in [0.1, 0.15) is 5.82 Å². The molecule has 1 heterocycles. The normalized spacial score (nSPS) is 11.2. The lowest BCUT2D eigenvalue weighted by molar-refractivity contribution is -0.384. The molecule has 0 aliphatic heterocycles. The van der Waals surface area contributed by atoms with Crippen LogP contribution in [0.5, 0.6) is 0 Å². The quantitative estimate of drug-likeness (QED) is 0.434. The zero-order valence-corrected chi connectivity index (χ0v) is 19.3. The van der Waals surface area contributed by atoms with E-state index >= 15 is 0 Å². The number of nitro groups is 1. The molecule has 1 aromatic heterocycles. The Labute approximate surface area is 192 Å². The minimum absolute atomic E-state index is 0.104. The summed E-state index contributed by atoms with van der Waals surface area (Å²) in [6, 6.07) is 13.1. The molecule has 0 saturated heterocycles. The van der Waals surface area contributed by atoms with Crippen LogP contribution in [-0.4, -0.2) is 33.1 Å². The van der Waals surface area contributed by atoms with Gasteiger partial charge < -0.3 is 10.6 Å². The summed E-state index contributed by atoms with van der Waals surface area (Å²) in [5, 5.41) is 20.9. The second-order valence-corrected chi connectivity index (χ2v) is 8.90. The van der Waals surface area contributed by atoms with Crippen LogP contribution in [0.15, 0.2) is 48.5 Å². The Balaban J connectivity index is 1.79. The van der Waals surface area contributed by atoms with Crippen LogP contribution in [0.1, 0.15) is 48.0 Å². The average Bonchev–Trinajstić information content (AvgIpc) is 3.16. The maximum atomic E-state index is 12.6. The number of carbonyl (C=O) groups is 2. The summed E-state index contributed by atoms with van der Waals surface area (Å²) in [5.41, 5.74) is 3.44. The maximum absolute atomic E-state index is 12.6. The van der Waals surface area contributed by atoms with Gasteiger partial charge in [0.05, 0.1) is 22.8 Å². The van der Waals surface area contributed by atoms with Crippen molar-refractivity contribution in [2.45, 2.75) is 40.0 Å². The Morgan fingerprint density at radius 1 is 1.09 bits per heavy atom. The van der Waals surface area contributed by atoms with E-state index in [0.29, 0.717) is 5.82 Å². The number of nitrogens with zero attached hydrogens (tertiary/aromatic N) is 3. The number of aryl methyl sites for hydroxylation is 2. The van der Waals surface area contributed by atoms with Crippen LogP contribution < -0.4 is 10.6 Å². The Bertz CT molecular complexity index is 1220. The second-order valence-electron chi connectivity index (χ2n) is 8.90. The predicted octanol–water partition coefficient (Wildman–Crippen LogP) is 4.06. The van der Waals surface area contributed by atoms with Gasteiger partial charge in [-0.2, -0.15) is 5.10 Å². The fourth-order valence-corrected chi connectivity index (χ4v) is 3.27. The number of hydrogen-bond acceptors (Lipinski definition) is 5. The molecule has 0 bridgehead atoms. The second kappa shape index (κ2) is 9.23. The number of amides is 2. The summed E-state index contributed by atoms with van der Waals surface area (Å²) in [6.45, 7) is 9.79. The lowest BCUT2D eigenvalue weighted by Crippen LogP contribution is -2.33. The fourth-order valence-electron chi connectivity index (χ4n) is 3.27. The number of benzene rings is 2. The summed E-state index contributed by atoms with van der Waals surface area (Å²) in [4.78, 5) is 35.3. The van der Waals surface area contributed by atoms with E-state index in [4.69, 9.17) is 5.10 Å². The van der Waals surface area contributed by atoms with Gasteiger partial charge in [-0.15, -0.1) is 0 Å². The number of anilines is 1. The standard InChI is InChI=1S/C24H27N5O4/c1-15-9-10-19(16(2)11-15)28-21(13-20(27-28)24(3,4)5)26-22(30)14-25-23(31)17-7-6-8-18(12-17)29(32)33/h6-13H,14H2,1-5H3,(H,25,31)(H,26,30). The van der Waals surface area contributed by atoms with Gasteiger partial charge in [-0.25, -0.2) is 4.68 Å². The van der Waals surface area contributed by atoms with Gasteiger partial charge in [0.2, 0.25) is 5.91 Å². The van der Waals surface area contributed by atoms with Crippen LogP contribution >= 0.6 is 0 Å². The molecule has 9 nitrogen and oxygen atoms in total. The van der Waals surface area contributed by atoms with E-state index in [1.807, 2.05) is 58.9 Å². The first-order chi connectivity index (χ1) is 15.5. The number of rotatable bonds is 6. The smallest absolute Gasteiger partial charge is 0.270 e. The van der Waals surface area contributed by atoms with Gasteiger partial charge in [0.25, 0.3) is 11.6 Å². The zero-order valence-electron chi connectivity index (χ0n) is 19.3. The van der Waals surface area contributed by atoms with Gasteiger partial charge in [0, 0.05) is 29.2 Å². The third kappa shape index (κ3) is 5.62. The first-order valence-corrected chi connectivity index (χ1v) is 10.5. The number of aromatic nitrogens is 2. The van der Waals surface area contributed by atoms with Crippen LogP contribution in [0.4, 0.5) is 11.5 Å².